The van der Waals surface area contributed by atoms with Crippen molar-refractivity contribution in [3.05, 3.63) is 58.6 Å². The number of hydrogen-bond donors (Lipinski definition) is 1. The molecule has 0 bridgehead atoms. The summed E-state index contributed by atoms with van der Waals surface area (Å²) in [6.07, 6.45) is 0. The minimum atomic E-state index is -4.02. The standard InChI is InChI=1S/C16H16BrNO4S/c1-11-7-9-13(10-8-11)23(21,22)18(12(2)16(19)20)15-6-4-3-5-14(15)17/h3-10,12H,1-2H3,(H,19,20). The average molecular weight is 398 g/mol. The predicted molar refractivity (Wildman–Crippen MR) is 92.1 cm³/mol. The summed E-state index contributed by atoms with van der Waals surface area (Å²) in [5, 5.41) is 9.34. The van der Waals surface area contributed by atoms with Crippen LogP contribution in [0.15, 0.2) is 57.9 Å². The maximum Gasteiger partial charge on any atom is 0.327 e. The highest BCUT2D eigenvalue weighted by molar-refractivity contribution is 9.10. The van der Waals surface area contributed by atoms with Crippen molar-refractivity contribution in [3.63, 3.8) is 0 Å². The summed E-state index contributed by atoms with van der Waals surface area (Å²) in [4.78, 5) is 11.5. The highest BCUT2D eigenvalue weighted by Gasteiger charge is 2.34. The molecule has 0 aliphatic heterocycles. The Labute approximate surface area is 143 Å². The van der Waals surface area contributed by atoms with Crippen molar-refractivity contribution >= 4 is 37.6 Å². The summed E-state index contributed by atoms with van der Waals surface area (Å²) in [5.41, 5.74) is 1.20. The summed E-state index contributed by atoms with van der Waals surface area (Å²) in [5.74, 6) is -1.23. The maximum atomic E-state index is 13.0. The minimum absolute atomic E-state index is 0.0481. The summed E-state index contributed by atoms with van der Waals surface area (Å²) in [7, 11) is -4.02. The Kier molecular flexibility index (Phi) is 5.11. The number of carbonyl (C=O) groups is 1. The van der Waals surface area contributed by atoms with Gasteiger partial charge in [0.15, 0.2) is 0 Å². The van der Waals surface area contributed by atoms with Gasteiger partial charge in [-0.1, -0.05) is 29.8 Å². The zero-order valence-electron chi connectivity index (χ0n) is 12.6. The number of carboxylic acids is 1. The van der Waals surface area contributed by atoms with Crippen molar-refractivity contribution in [1.29, 1.82) is 0 Å². The molecule has 0 amide bonds. The van der Waals surface area contributed by atoms with Crippen LogP contribution in [0.25, 0.3) is 0 Å². The third-order valence-electron chi connectivity index (χ3n) is 3.38. The van der Waals surface area contributed by atoms with Gasteiger partial charge in [0.25, 0.3) is 10.0 Å². The molecule has 7 heteroatoms. The van der Waals surface area contributed by atoms with Crippen molar-refractivity contribution in [1.82, 2.24) is 0 Å². The Morgan fingerprint density at radius 2 is 1.70 bits per heavy atom. The average Bonchev–Trinajstić information content (AvgIpc) is 2.49. The number of benzene rings is 2. The first kappa shape index (κ1) is 17.5. The molecule has 0 aliphatic rings. The fourth-order valence-electron chi connectivity index (χ4n) is 2.10. The predicted octanol–water partition coefficient (Wildman–Crippen LogP) is 3.43. The molecule has 0 saturated heterocycles. The summed E-state index contributed by atoms with van der Waals surface area (Å²) in [6.45, 7) is 3.19. The van der Waals surface area contributed by atoms with Gasteiger partial charge in [0, 0.05) is 4.47 Å². The molecule has 1 N–H and O–H groups in total. The van der Waals surface area contributed by atoms with Gasteiger partial charge in [0.2, 0.25) is 0 Å². The van der Waals surface area contributed by atoms with Gasteiger partial charge in [-0.15, -0.1) is 0 Å². The molecular formula is C16H16BrNO4S. The van der Waals surface area contributed by atoms with Crippen molar-refractivity contribution in [2.24, 2.45) is 0 Å². The second kappa shape index (κ2) is 6.72. The first-order chi connectivity index (χ1) is 10.7. The molecular weight excluding hydrogens is 382 g/mol. The Morgan fingerprint density at radius 3 is 2.22 bits per heavy atom. The molecule has 0 aliphatic carbocycles. The zero-order chi connectivity index (χ0) is 17.2. The van der Waals surface area contributed by atoms with Gasteiger partial charge in [0.05, 0.1) is 10.6 Å². The molecule has 2 aromatic rings. The lowest BCUT2D eigenvalue weighted by atomic mass is 10.2. The monoisotopic (exact) mass is 397 g/mol. The van der Waals surface area contributed by atoms with Crippen LogP contribution in [-0.2, 0) is 14.8 Å². The van der Waals surface area contributed by atoms with E-state index in [9.17, 15) is 18.3 Å². The van der Waals surface area contributed by atoms with E-state index < -0.39 is 22.0 Å². The van der Waals surface area contributed by atoms with Gasteiger partial charge in [-0.05, 0) is 54.0 Å². The molecule has 2 rings (SSSR count). The van der Waals surface area contributed by atoms with Crippen LogP contribution in [0.5, 0.6) is 0 Å². The smallest absolute Gasteiger partial charge is 0.327 e. The number of para-hydroxylation sites is 1. The lowest BCUT2D eigenvalue weighted by Crippen LogP contribution is -2.43. The van der Waals surface area contributed by atoms with Crippen LogP contribution in [0.2, 0.25) is 0 Å². The molecule has 1 unspecified atom stereocenters. The fourth-order valence-corrected chi connectivity index (χ4v) is 4.33. The molecule has 122 valence electrons. The second-order valence-corrected chi connectivity index (χ2v) is 7.75. The number of sulfonamides is 1. The van der Waals surface area contributed by atoms with Crippen molar-refractivity contribution in [3.8, 4) is 0 Å². The normalized spacial score (nSPS) is 12.7. The molecule has 1 atom stereocenters. The molecule has 0 heterocycles. The first-order valence-corrected chi connectivity index (χ1v) is 9.07. The molecule has 0 saturated carbocycles. The molecule has 23 heavy (non-hydrogen) atoms. The van der Waals surface area contributed by atoms with Crippen LogP contribution in [0.4, 0.5) is 5.69 Å². The third-order valence-corrected chi connectivity index (χ3v) is 5.95. The summed E-state index contributed by atoms with van der Waals surface area (Å²) in [6, 6.07) is 11.7. The number of halogens is 1. The van der Waals surface area contributed by atoms with Gasteiger partial charge < -0.3 is 5.11 Å². The Balaban J connectivity index is 2.64. The van der Waals surface area contributed by atoms with Crippen LogP contribution < -0.4 is 4.31 Å². The van der Waals surface area contributed by atoms with Crippen molar-refractivity contribution in [2.75, 3.05) is 4.31 Å². The lowest BCUT2D eigenvalue weighted by molar-refractivity contribution is -0.137. The van der Waals surface area contributed by atoms with Gasteiger partial charge in [-0.2, -0.15) is 0 Å². The van der Waals surface area contributed by atoms with E-state index in [0.29, 0.717) is 4.47 Å². The second-order valence-electron chi connectivity index (χ2n) is 5.08. The molecule has 0 radical (unpaired) electrons. The SMILES string of the molecule is Cc1ccc(S(=O)(=O)N(c2ccccc2Br)C(C)C(=O)O)cc1. The molecule has 2 aromatic carbocycles. The number of rotatable bonds is 5. The summed E-state index contributed by atoms with van der Waals surface area (Å²) >= 11 is 3.29. The van der Waals surface area contributed by atoms with E-state index in [0.717, 1.165) is 9.87 Å². The number of hydrogen-bond acceptors (Lipinski definition) is 3. The van der Waals surface area contributed by atoms with E-state index in [1.54, 1.807) is 36.4 Å². The Morgan fingerprint density at radius 1 is 1.13 bits per heavy atom. The van der Waals surface area contributed by atoms with E-state index in [1.165, 1.54) is 19.1 Å². The van der Waals surface area contributed by atoms with Crippen LogP contribution in [0, 0.1) is 6.92 Å². The van der Waals surface area contributed by atoms with Gasteiger partial charge in [-0.25, -0.2) is 13.2 Å². The highest BCUT2D eigenvalue weighted by atomic mass is 79.9. The van der Waals surface area contributed by atoms with Crippen LogP contribution in [0.1, 0.15) is 12.5 Å². The largest absolute Gasteiger partial charge is 0.480 e. The topological polar surface area (TPSA) is 74.7 Å². The molecule has 0 aromatic heterocycles. The van der Waals surface area contributed by atoms with Crippen LogP contribution in [0.3, 0.4) is 0 Å². The van der Waals surface area contributed by atoms with Crippen molar-refractivity contribution in [2.45, 2.75) is 24.8 Å². The van der Waals surface area contributed by atoms with E-state index in [-0.39, 0.29) is 10.6 Å². The number of carboxylic acid groups (broad SMARTS) is 1. The number of aliphatic carboxylic acids is 1. The Hall–Kier alpha value is -1.86. The van der Waals surface area contributed by atoms with Gasteiger partial charge in [-0.3, -0.25) is 4.31 Å². The van der Waals surface area contributed by atoms with Gasteiger partial charge in [0.1, 0.15) is 6.04 Å². The Bertz CT molecular complexity index is 818. The first-order valence-electron chi connectivity index (χ1n) is 6.83. The van der Waals surface area contributed by atoms with Crippen molar-refractivity contribution < 1.29 is 18.3 Å². The minimum Gasteiger partial charge on any atom is -0.480 e. The van der Waals surface area contributed by atoms with E-state index in [4.69, 9.17) is 0 Å². The molecule has 5 nitrogen and oxygen atoms in total. The lowest BCUT2D eigenvalue weighted by Gasteiger charge is -2.28. The van der Waals surface area contributed by atoms with E-state index in [1.807, 2.05) is 6.92 Å². The number of anilines is 1. The van der Waals surface area contributed by atoms with E-state index in [2.05, 4.69) is 15.9 Å². The van der Waals surface area contributed by atoms with Gasteiger partial charge >= 0.3 is 5.97 Å². The maximum absolute atomic E-state index is 13.0. The number of aryl methyl sites for hydroxylation is 1. The number of nitrogens with zero attached hydrogens (tertiary/aromatic N) is 1. The zero-order valence-corrected chi connectivity index (χ0v) is 15.0. The molecule has 0 spiro atoms. The highest BCUT2D eigenvalue weighted by Crippen LogP contribution is 2.32. The van der Waals surface area contributed by atoms with E-state index >= 15 is 0 Å². The quantitative estimate of drug-likeness (QED) is 0.838. The fraction of sp³-hybridized carbons (Fsp3) is 0.188. The van der Waals surface area contributed by atoms with Crippen LogP contribution >= 0.6 is 15.9 Å². The third kappa shape index (κ3) is 3.56. The summed E-state index contributed by atoms with van der Waals surface area (Å²) < 4.78 is 27.4. The van der Waals surface area contributed by atoms with Crippen LogP contribution in [-0.4, -0.2) is 25.5 Å². The molecule has 0 fully saturated rings.